The van der Waals surface area contributed by atoms with Gasteiger partial charge in [0.1, 0.15) is 5.82 Å². The predicted molar refractivity (Wildman–Crippen MR) is 101 cm³/mol. The molecule has 8 heteroatoms. The second-order valence-electron chi connectivity index (χ2n) is 6.51. The number of para-hydroxylation sites is 1. The zero-order chi connectivity index (χ0) is 18.7. The molecular weight excluding hydrogens is 350 g/mol. The van der Waals surface area contributed by atoms with E-state index in [-0.39, 0.29) is 24.1 Å². The molecule has 0 radical (unpaired) electrons. The largest absolute Gasteiger partial charge is 0.346 e. The zero-order valence-corrected chi connectivity index (χ0v) is 16.0. The Labute approximate surface area is 157 Å². The number of aryl methyl sites for hydroxylation is 3. The van der Waals surface area contributed by atoms with Gasteiger partial charge in [0.25, 0.3) is 0 Å². The van der Waals surface area contributed by atoms with Crippen LogP contribution in [0.25, 0.3) is 0 Å². The van der Waals surface area contributed by atoms with Crippen LogP contribution in [0, 0.1) is 20.8 Å². The average Bonchev–Trinajstić information content (AvgIpc) is 3.37. The molecule has 0 spiro atoms. The topological polar surface area (TPSA) is 88.9 Å². The number of aromatic nitrogens is 3. The summed E-state index contributed by atoms with van der Waals surface area (Å²) in [6.07, 6.45) is 2.27. The number of nitrogens with one attached hydrogen (secondary N) is 2. The van der Waals surface area contributed by atoms with Gasteiger partial charge in [0.2, 0.25) is 11.8 Å². The van der Waals surface area contributed by atoms with Crippen molar-refractivity contribution in [3.05, 3.63) is 35.2 Å². The molecule has 1 aliphatic rings. The number of rotatable bonds is 7. The van der Waals surface area contributed by atoms with Crippen molar-refractivity contribution in [1.29, 1.82) is 0 Å². The first-order valence-corrected chi connectivity index (χ1v) is 9.61. The lowest BCUT2D eigenvalue weighted by molar-refractivity contribution is -0.122. The van der Waals surface area contributed by atoms with E-state index < -0.39 is 0 Å². The van der Waals surface area contributed by atoms with Crippen LogP contribution in [0.15, 0.2) is 23.4 Å². The van der Waals surface area contributed by atoms with E-state index >= 15 is 0 Å². The number of hydrogen-bond acceptors (Lipinski definition) is 5. The Kier molecular flexibility index (Phi) is 5.61. The zero-order valence-electron chi connectivity index (χ0n) is 15.2. The molecule has 2 N–H and O–H groups in total. The van der Waals surface area contributed by atoms with Gasteiger partial charge in [0.15, 0.2) is 5.16 Å². The summed E-state index contributed by atoms with van der Waals surface area (Å²) in [4.78, 5) is 24.1. The third kappa shape index (κ3) is 4.43. The molecule has 138 valence electrons. The fourth-order valence-corrected chi connectivity index (χ4v) is 3.64. The van der Waals surface area contributed by atoms with Crippen molar-refractivity contribution in [2.45, 2.75) is 44.8 Å². The maximum Gasteiger partial charge on any atom is 0.243 e. The van der Waals surface area contributed by atoms with Gasteiger partial charge in [-0.3, -0.25) is 9.59 Å². The maximum absolute atomic E-state index is 12.1. The van der Waals surface area contributed by atoms with E-state index in [1.165, 1.54) is 11.8 Å². The van der Waals surface area contributed by atoms with Gasteiger partial charge in [-0.05, 0) is 44.7 Å². The molecule has 0 aliphatic heterocycles. The van der Waals surface area contributed by atoms with Crippen molar-refractivity contribution in [3.8, 4) is 0 Å². The minimum Gasteiger partial charge on any atom is -0.346 e. The number of benzene rings is 1. The van der Waals surface area contributed by atoms with Gasteiger partial charge in [-0.15, -0.1) is 10.2 Å². The average molecular weight is 373 g/mol. The van der Waals surface area contributed by atoms with Crippen LogP contribution in [0.2, 0.25) is 0 Å². The summed E-state index contributed by atoms with van der Waals surface area (Å²) in [7, 11) is 0. The first-order chi connectivity index (χ1) is 12.5. The van der Waals surface area contributed by atoms with Gasteiger partial charge in [0.05, 0.1) is 12.3 Å². The second kappa shape index (κ2) is 7.90. The monoisotopic (exact) mass is 373 g/mol. The lowest BCUT2D eigenvalue weighted by Crippen LogP contribution is -2.34. The number of carbonyl (C=O) groups excluding carboxylic acids is 2. The van der Waals surface area contributed by atoms with Crippen molar-refractivity contribution in [2.75, 3.05) is 17.6 Å². The molecule has 1 heterocycles. The van der Waals surface area contributed by atoms with E-state index in [0.29, 0.717) is 6.04 Å². The van der Waals surface area contributed by atoms with E-state index in [1.807, 2.05) is 39.0 Å². The van der Waals surface area contributed by atoms with Crippen LogP contribution in [-0.4, -0.2) is 38.9 Å². The predicted octanol–water partition coefficient (Wildman–Crippen LogP) is 2.39. The molecule has 1 aliphatic carbocycles. The quantitative estimate of drug-likeness (QED) is 0.728. The summed E-state index contributed by atoms with van der Waals surface area (Å²) in [6.45, 7) is 5.75. The summed E-state index contributed by atoms with van der Waals surface area (Å²) in [5.41, 5.74) is 2.79. The van der Waals surface area contributed by atoms with Crippen molar-refractivity contribution in [3.63, 3.8) is 0 Å². The Hall–Kier alpha value is -2.35. The van der Waals surface area contributed by atoms with Gasteiger partial charge in [-0.1, -0.05) is 30.0 Å². The molecule has 2 amide bonds. The fourth-order valence-electron chi connectivity index (χ4n) is 2.76. The van der Waals surface area contributed by atoms with E-state index in [1.54, 1.807) is 0 Å². The molecule has 3 rings (SSSR count). The highest BCUT2D eigenvalue weighted by molar-refractivity contribution is 7.99. The molecule has 1 aromatic heterocycles. The van der Waals surface area contributed by atoms with E-state index in [9.17, 15) is 9.59 Å². The second-order valence-corrected chi connectivity index (χ2v) is 7.45. The van der Waals surface area contributed by atoms with Gasteiger partial charge in [-0.25, -0.2) is 0 Å². The Bertz CT molecular complexity index is 809. The number of carbonyl (C=O) groups is 2. The number of amides is 2. The number of nitrogens with zero attached hydrogens (tertiary/aromatic N) is 3. The summed E-state index contributed by atoms with van der Waals surface area (Å²) < 4.78 is 2.09. The van der Waals surface area contributed by atoms with Gasteiger partial charge in [-0.2, -0.15) is 0 Å². The molecule has 0 unspecified atom stereocenters. The summed E-state index contributed by atoms with van der Waals surface area (Å²) in [6, 6.07) is 6.30. The van der Waals surface area contributed by atoms with E-state index in [2.05, 4.69) is 25.4 Å². The summed E-state index contributed by atoms with van der Waals surface area (Å²) in [5.74, 6) is 0.650. The minimum absolute atomic E-state index is 0.0541. The molecule has 2 aromatic rings. The van der Waals surface area contributed by atoms with Crippen LogP contribution in [0.4, 0.5) is 5.69 Å². The van der Waals surface area contributed by atoms with Crippen LogP contribution in [-0.2, 0) is 9.59 Å². The highest BCUT2D eigenvalue weighted by Gasteiger charge is 2.28. The first-order valence-electron chi connectivity index (χ1n) is 8.62. The van der Waals surface area contributed by atoms with Crippen LogP contribution in [0.3, 0.4) is 0 Å². The van der Waals surface area contributed by atoms with E-state index in [0.717, 1.165) is 40.6 Å². The smallest absolute Gasteiger partial charge is 0.243 e. The summed E-state index contributed by atoms with van der Waals surface area (Å²) >= 11 is 1.35. The molecule has 0 bridgehead atoms. The fraction of sp³-hybridized carbons (Fsp3) is 0.444. The number of anilines is 1. The van der Waals surface area contributed by atoms with Crippen LogP contribution < -0.4 is 10.6 Å². The first kappa shape index (κ1) is 18.4. The molecule has 0 atom stereocenters. The minimum atomic E-state index is -0.238. The van der Waals surface area contributed by atoms with Gasteiger partial charge >= 0.3 is 0 Å². The Balaban J connectivity index is 1.46. The van der Waals surface area contributed by atoms with Crippen molar-refractivity contribution in [1.82, 2.24) is 20.1 Å². The highest BCUT2D eigenvalue weighted by Crippen LogP contribution is 2.38. The number of thioether (sulfide) groups is 1. The van der Waals surface area contributed by atoms with Crippen molar-refractivity contribution >= 4 is 29.3 Å². The summed E-state index contributed by atoms with van der Waals surface area (Å²) in [5, 5.41) is 14.5. The third-order valence-electron chi connectivity index (χ3n) is 4.27. The Morgan fingerprint density at radius 3 is 2.50 bits per heavy atom. The Morgan fingerprint density at radius 2 is 1.85 bits per heavy atom. The van der Waals surface area contributed by atoms with Gasteiger partial charge in [0, 0.05) is 11.7 Å². The lowest BCUT2D eigenvalue weighted by Gasteiger charge is -2.12. The van der Waals surface area contributed by atoms with Crippen molar-refractivity contribution < 1.29 is 9.59 Å². The van der Waals surface area contributed by atoms with Gasteiger partial charge < -0.3 is 15.2 Å². The lowest BCUT2D eigenvalue weighted by atomic mass is 10.1. The molecule has 1 aromatic carbocycles. The highest BCUT2D eigenvalue weighted by atomic mass is 32.2. The SMILES string of the molecule is Cc1cccc(C)c1NC(=O)CNC(=O)CSc1nnc(C)n1C1CC1. The van der Waals surface area contributed by atoms with Crippen LogP contribution in [0.5, 0.6) is 0 Å². The molecule has 1 fully saturated rings. The maximum atomic E-state index is 12.1. The van der Waals surface area contributed by atoms with Crippen molar-refractivity contribution in [2.24, 2.45) is 0 Å². The molecule has 0 saturated heterocycles. The number of hydrogen-bond donors (Lipinski definition) is 2. The molecular formula is C18H23N5O2S. The third-order valence-corrected chi connectivity index (χ3v) is 5.21. The van der Waals surface area contributed by atoms with Crippen LogP contribution >= 0.6 is 11.8 Å². The molecule has 1 saturated carbocycles. The van der Waals surface area contributed by atoms with Crippen LogP contribution in [0.1, 0.15) is 35.8 Å². The van der Waals surface area contributed by atoms with E-state index in [4.69, 9.17) is 0 Å². The standard InChI is InChI=1S/C18H23N5O2S/c1-11-5-4-6-12(2)17(11)20-15(24)9-19-16(25)10-26-18-22-21-13(3)23(18)14-7-8-14/h4-6,14H,7-10H2,1-3H3,(H,19,25)(H,20,24). The molecule has 26 heavy (non-hydrogen) atoms. The molecule has 7 nitrogen and oxygen atoms in total. The normalized spacial score (nSPS) is 13.5. The Morgan fingerprint density at radius 1 is 1.15 bits per heavy atom.